The molecule has 0 unspecified atom stereocenters. The third kappa shape index (κ3) is 4.04. The molecule has 22 heavy (non-hydrogen) atoms. The van der Waals surface area contributed by atoms with Crippen LogP contribution in [0, 0.1) is 0 Å². The number of urea groups is 1. The van der Waals surface area contributed by atoms with E-state index in [9.17, 15) is 4.79 Å². The van der Waals surface area contributed by atoms with Crippen molar-refractivity contribution >= 4 is 17.8 Å². The Bertz CT molecular complexity index is 608. The number of amides is 2. The number of nitrogens with one attached hydrogen (secondary N) is 1. The Labute approximate surface area is 134 Å². The van der Waals surface area contributed by atoms with Gasteiger partial charge in [0.1, 0.15) is 0 Å². The van der Waals surface area contributed by atoms with Crippen molar-refractivity contribution in [1.29, 1.82) is 0 Å². The normalized spacial score (nSPS) is 14.8. The number of carbonyl (C=O) groups excluding carboxylic acids is 1. The van der Waals surface area contributed by atoms with E-state index in [0.29, 0.717) is 6.54 Å². The summed E-state index contributed by atoms with van der Waals surface area (Å²) in [6, 6.07) is 10.2. The molecule has 1 aliphatic heterocycles. The monoisotopic (exact) mass is 316 g/mol. The van der Waals surface area contributed by atoms with Crippen LogP contribution in [0.2, 0.25) is 0 Å². The molecular formula is C16H20N4OS. The Morgan fingerprint density at radius 2 is 2.05 bits per heavy atom. The van der Waals surface area contributed by atoms with Gasteiger partial charge in [0, 0.05) is 43.5 Å². The van der Waals surface area contributed by atoms with Crippen molar-refractivity contribution in [2.24, 2.45) is 0 Å². The van der Waals surface area contributed by atoms with Crippen molar-refractivity contribution in [1.82, 2.24) is 20.0 Å². The van der Waals surface area contributed by atoms with Crippen LogP contribution in [0.15, 0.2) is 42.7 Å². The fraction of sp³-hybridized carbons (Fsp3) is 0.375. The number of thioether (sulfide) groups is 1. The lowest BCUT2D eigenvalue weighted by Gasteiger charge is -2.26. The van der Waals surface area contributed by atoms with Crippen LogP contribution in [0.4, 0.5) is 4.79 Å². The van der Waals surface area contributed by atoms with Gasteiger partial charge in [-0.3, -0.25) is 4.68 Å². The Kier molecular flexibility index (Phi) is 5.00. The molecule has 1 aliphatic rings. The first-order valence-corrected chi connectivity index (χ1v) is 8.62. The van der Waals surface area contributed by atoms with Crippen LogP contribution in [0.3, 0.4) is 0 Å². The van der Waals surface area contributed by atoms with E-state index in [1.165, 1.54) is 5.56 Å². The average molecular weight is 316 g/mol. The fourth-order valence-electron chi connectivity index (χ4n) is 2.47. The molecule has 1 aromatic heterocycles. The summed E-state index contributed by atoms with van der Waals surface area (Å²) in [5, 5.41) is 7.22. The predicted molar refractivity (Wildman–Crippen MR) is 88.9 cm³/mol. The van der Waals surface area contributed by atoms with Crippen molar-refractivity contribution in [3.63, 3.8) is 0 Å². The van der Waals surface area contributed by atoms with Gasteiger partial charge in [0.05, 0.1) is 6.54 Å². The third-order valence-corrected chi connectivity index (χ3v) is 4.58. The number of hydrogen-bond donors (Lipinski definition) is 1. The lowest BCUT2D eigenvalue weighted by atomic mass is 10.1. The van der Waals surface area contributed by atoms with Crippen LogP contribution in [-0.4, -0.2) is 45.3 Å². The van der Waals surface area contributed by atoms with Crippen LogP contribution in [-0.2, 0) is 13.1 Å². The molecule has 0 bridgehead atoms. The lowest BCUT2D eigenvalue weighted by Crippen LogP contribution is -2.44. The Morgan fingerprint density at radius 1 is 1.23 bits per heavy atom. The van der Waals surface area contributed by atoms with E-state index in [1.807, 2.05) is 45.7 Å². The molecule has 0 aliphatic carbocycles. The van der Waals surface area contributed by atoms with Crippen LogP contribution in [0.25, 0.3) is 0 Å². The second-order valence-corrected chi connectivity index (χ2v) is 6.51. The maximum atomic E-state index is 12.1. The highest BCUT2D eigenvalue weighted by atomic mass is 32.2. The highest BCUT2D eigenvalue weighted by Crippen LogP contribution is 2.10. The van der Waals surface area contributed by atoms with E-state index in [-0.39, 0.29) is 6.03 Å². The van der Waals surface area contributed by atoms with Crippen molar-refractivity contribution < 1.29 is 4.79 Å². The summed E-state index contributed by atoms with van der Waals surface area (Å²) in [7, 11) is 0. The lowest BCUT2D eigenvalue weighted by molar-refractivity contribution is 0.202. The van der Waals surface area contributed by atoms with Gasteiger partial charge in [-0.15, -0.1) is 0 Å². The first kappa shape index (κ1) is 15.0. The van der Waals surface area contributed by atoms with E-state index >= 15 is 0 Å². The van der Waals surface area contributed by atoms with Gasteiger partial charge in [0.15, 0.2) is 0 Å². The van der Waals surface area contributed by atoms with Gasteiger partial charge in [-0.25, -0.2) is 4.79 Å². The van der Waals surface area contributed by atoms with Gasteiger partial charge in [0.2, 0.25) is 0 Å². The first-order valence-electron chi connectivity index (χ1n) is 7.47. The van der Waals surface area contributed by atoms with Gasteiger partial charge in [-0.1, -0.05) is 24.3 Å². The minimum Gasteiger partial charge on any atom is -0.334 e. The molecule has 116 valence electrons. The first-order chi connectivity index (χ1) is 10.8. The summed E-state index contributed by atoms with van der Waals surface area (Å²) in [5.74, 6) is 2.07. The van der Waals surface area contributed by atoms with Crippen LogP contribution >= 0.6 is 11.8 Å². The zero-order chi connectivity index (χ0) is 15.2. The predicted octanol–water partition coefficient (Wildman–Crippen LogP) is 2.19. The molecule has 1 N–H and O–H groups in total. The van der Waals surface area contributed by atoms with E-state index in [0.717, 1.165) is 36.7 Å². The summed E-state index contributed by atoms with van der Waals surface area (Å²) in [5.41, 5.74) is 2.30. The van der Waals surface area contributed by atoms with Crippen LogP contribution in [0.5, 0.6) is 0 Å². The smallest absolute Gasteiger partial charge is 0.317 e. The standard InChI is InChI=1S/C16H20N4OS/c21-16(19-7-9-22-10-8-19)17-12-14-3-1-4-15(11-14)13-20-6-2-5-18-20/h1-6,11H,7-10,12-13H2,(H,17,21). The van der Waals surface area contributed by atoms with Gasteiger partial charge in [0.25, 0.3) is 0 Å². The molecule has 1 fully saturated rings. The quantitative estimate of drug-likeness (QED) is 0.941. The number of carbonyl (C=O) groups is 1. The summed E-state index contributed by atoms with van der Waals surface area (Å²) < 4.78 is 1.89. The fourth-order valence-corrected chi connectivity index (χ4v) is 3.38. The summed E-state index contributed by atoms with van der Waals surface area (Å²) in [6.07, 6.45) is 3.73. The molecule has 3 rings (SSSR count). The summed E-state index contributed by atoms with van der Waals surface area (Å²) in [4.78, 5) is 14.0. The Hall–Kier alpha value is -1.95. The minimum absolute atomic E-state index is 0.0396. The largest absolute Gasteiger partial charge is 0.334 e. The molecule has 1 saturated heterocycles. The highest BCUT2D eigenvalue weighted by molar-refractivity contribution is 7.99. The van der Waals surface area contributed by atoms with Crippen molar-refractivity contribution in [2.75, 3.05) is 24.6 Å². The van der Waals surface area contributed by atoms with Crippen molar-refractivity contribution in [2.45, 2.75) is 13.1 Å². The number of hydrogen-bond acceptors (Lipinski definition) is 3. The minimum atomic E-state index is 0.0396. The van der Waals surface area contributed by atoms with Gasteiger partial charge in [-0.2, -0.15) is 16.9 Å². The van der Waals surface area contributed by atoms with Gasteiger partial charge < -0.3 is 10.2 Å². The third-order valence-electron chi connectivity index (χ3n) is 3.64. The molecular weight excluding hydrogens is 296 g/mol. The second kappa shape index (κ2) is 7.35. The number of nitrogens with zero attached hydrogens (tertiary/aromatic N) is 3. The summed E-state index contributed by atoms with van der Waals surface area (Å²) in [6.45, 7) is 3.00. The molecule has 2 heterocycles. The molecule has 5 nitrogen and oxygen atoms in total. The van der Waals surface area contributed by atoms with Crippen LogP contribution < -0.4 is 5.32 Å². The van der Waals surface area contributed by atoms with E-state index in [2.05, 4.69) is 22.5 Å². The molecule has 0 saturated carbocycles. The maximum absolute atomic E-state index is 12.1. The highest BCUT2D eigenvalue weighted by Gasteiger charge is 2.15. The van der Waals surface area contributed by atoms with Crippen LogP contribution in [0.1, 0.15) is 11.1 Å². The number of benzene rings is 1. The maximum Gasteiger partial charge on any atom is 0.317 e. The Morgan fingerprint density at radius 3 is 2.82 bits per heavy atom. The molecule has 2 aromatic rings. The topological polar surface area (TPSA) is 50.2 Å². The molecule has 1 aromatic carbocycles. The summed E-state index contributed by atoms with van der Waals surface area (Å²) >= 11 is 1.90. The van der Waals surface area contributed by atoms with Gasteiger partial charge >= 0.3 is 6.03 Å². The van der Waals surface area contributed by atoms with E-state index in [4.69, 9.17) is 0 Å². The molecule has 2 amide bonds. The number of aromatic nitrogens is 2. The van der Waals surface area contributed by atoms with E-state index in [1.54, 1.807) is 6.20 Å². The van der Waals surface area contributed by atoms with E-state index < -0.39 is 0 Å². The molecule has 0 radical (unpaired) electrons. The molecule has 0 spiro atoms. The zero-order valence-corrected chi connectivity index (χ0v) is 13.3. The molecule has 6 heteroatoms. The van der Waals surface area contributed by atoms with Gasteiger partial charge in [-0.05, 0) is 17.2 Å². The average Bonchev–Trinajstić information content (AvgIpc) is 3.07. The second-order valence-electron chi connectivity index (χ2n) is 5.28. The molecule has 0 atom stereocenters. The number of rotatable bonds is 4. The zero-order valence-electron chi connectivity index (χ0n) is 12.4. The van der Waals surface area contributed by atoms with Crippen molar-refractivity contribution in [3.05, 3.63) is 53.9 Å². The SMILES string of the molecule is O=C(NCc1cccc(Cn2cccn2)c1)N1CCSCC1. The van der Waals surface area contributed by atoms with Crippen molar-refractivity contribution in [3.8, 4) is 0 Å². The Balaban J connectivity index is 1.54.